The van der Waals surface area contributed by atoms with E-state index in [0.29, 0.717) is 66.4 Å². The number of nitrogens with one attached hydrogen (secondary N) is 3. The van der Waals surface area contributed by atoms with Crippen LogP contribution in [-0.2, 0) is 11.3 Å². The van der Waals surface area contributed by atoms with Crippen molar-refractivity contribution in [3.63, 3.8) is 0 Å². The summed E-state index contributed by atoms with van der Waals surface area (Å²) in [7, 11) is 0. The van der Waals surface area contributed by atoms with E-state index in [-0.39, 0.29) is 29.9 Å². The Morgan fingerprint density at radius 2 is 1.72 bits per heavy atom. The molecule has 3 fully saturated rings. The van der Waals surface area contributed by atoms with Gasteiger partial charge in [0.15, 0.2) is 0 Å². The molecule has 12 nitrogen and oxygen atoms in total. The van der Waals surface area contributed by atoms with Crippen LogP contribution in [0.25, 0.3) is 10.9 Å². The number of hydrogen-bond donors (Lipinski definition) is 5. The number of aromatic amines is 1. The van der Waals surface area contributed by atoms with Gasteiger partial charge in [0.25, 0.3) is 5.91 Å². The van der Waals surface area contributed by atoms with Gasteiger partial charge in [-0.2, -0.15) is 0 Å². The third-order valence-corrected chi connectivity index (χ3v) is 11.1. The van der Waals surface area contributed by atoms with Crippen molar-refractivity contribution in [2.75, 3.05) is 45.8 Å². The number of fused-ring (bicyclic) bond motifs is 4. The summed E-state index contributed by atoms with van der Waals surface area (Å²) in [6.07, 6.45) is 1.46. The number of phenols is 1. The molecule has 5 aromatic rings. The number of aliphatic hydroxyl groups is 1. The molecule has 12 heteroatoms. The zero-order chi connectivity index (χ0) is 39.7. The second-order valence-corrected chi connectivity index (χ2v) is 14.9. The number of phenolic OH excluding ortho intramolecular Hbond substituents is 1. The summed E-state index contributed by atoms with van der Waals surface area (Å²) >= 11 is 0. The van der Waals surface area contributed by atoms with Crippen molar-refractivity contribution in [2.24, 2.45) is 5.92 Å². The van der Waals surface area contributed by atoms with Crippen molar-refractivity contribution >= 4 is 22.9 Å². The van der Waals surface area contributed by atoms with Crippen LogP contribution in [0.4, 0.5) is 4.79 Å². The number of pyridine rings is 1. The fourth-order valence-corrected chi connectivity index (χ4v) is 7.91. The van der Waals surface area contributed by atoms with Gasteiger partial charge in [-0.25, -0.2) is 4.79 Å². The van der Waals surface area contributed by atoms with Crippen molar-refractivity contribution in [1.29, 1.82) is 0 Å². The maximum Gasteiger partial charge on any atom is 0.408 e. The number of aromatic nitrogens is 1. The Morgan fingerprint density at radius 1 is 0.947 bits per heavy atom. The van der Waals surface area contributed by atoms with E-state index in [1.54, 1.807) is 17.0 Å². The summed E-state index contributed by atoms with van der Waals surface area (Å²) in [6.45, 7) is 7.15. The molecular formula is C45H51N5O7. The Labute approximate surface area is 332 Å². The number of nitrogens with zero attached hydrogens (tertiary/aromatic N) is 2. The number of benzene rings is 4. The maximum absolute atomic E-state index is 13.4. The van der Waals surface area contributed by atoms with Crippen LogP contribution in [-0.4, -0.2) is 88.9 Å². The highest BCUT2D eigenvalue weighted by molar-refractivity contribution is 5.94. The monoisotopic (exact) mass is 773 g/mol. The lowest BCUT2D eigenvalue weighted by Crippen LogP contribution is -2.52. The molecule has 5 N–H and O–H groups in total. The topological polar surface area (TPSA) is 156 Å². The minimum absolute atomic E-state index is 0.0534. The SMILES string of the molecule is CCN(CCCNC[C@H](O)c1ccc(O)c2[nH]c(=O)ccc12)C(=O)c1ccc(COc2cccc(C(NC(=O)O[C@H]3CN4CCC3CC4)c3ccccc3)c2)cc1. The smallest absolute Gasteiger partial charge is 0.408 e. The highest BCUT2D eigenvalue weighted by atomic mass is 16.6. The Balaban J connectivity index is 0.894. The van der Waals surface area contributed by atoms with Crippen LogP contribution >= 0.6 is 0 Å². The number of carbonyl (C=O) groups is 2. The first-order valence-corrected chi connectivity index (χ1v) is 19.8. The van der Waals surface area contributed by atoms with E-state index in [1.807, 2.05) is 85.8 Å². The molecule has 298 valence electrons. The van der Waals surface area contributed by atoms with Gasteiger partial charge in [0.1, 0.15) is 24.2 Å². The minimum Gasteiger partial charge on any atom is -0.506 e. The Bertz CT molecular complexity index is 2190. The predicted octanol–water partition coefficient (Wildman–Crippen LogP) is 5.90. The van der Waals surface area contributed by atoms with Gasteiger partial charge in [0.05, 0.1) is 17.7 Å². The third kappa shape index (κ3) is 9.83. The zero-order valence-electron chi connectivity index (χ0n) is 32.2. The first-order valence-electron chi connectivity index (χ1n) is 19.8. The average Bonchev–Trinajstić information content (AvgIpc) is 3.24. The lowest BCUT2D eigenvalue weighted by atomic mass is 9.86. The molecule has 8 rings (SSSR count). The molecule has 1 unspecified atom stereocenters. The largest absolute Gasteiger partial charge is 0.506 e. The first-order chi connectivity index (χ1) is 27.7. The minimum atomic E-state index is -0.854. The summed E-state index contributed by atoms with van der Waals surface area (Å²) < 4.78 is 12.2. The Morgan fingerprint density at radius 3 is 2.46 bits per heavy atom. The van der Waals surface area contributed by atoms with Crippen molar-refractivity contribution in [1.82, 2.24) is 25.4 Å². The van der Waals surface area contributed by atoms with E-state index < -0.39 is 18.2 Å². The molecule has 0 aliphatic carbocycles. The van der Waals surface area contributed by atoms with E-state index in [0.717, 1.165) is 49.2 Å². The predicted molar refractivity (Wildman–Crippen MR) is 218 cm³/mol. The van der Waals surface area contributed by atoms with Crippen LogP contribution in [0.1, 0.15) is 70.9 Å². The maximum atomic E-state index is 13.4. The molecule has 2 amide bonds. The van der Waals surface area contributed by atoms with Crippen LogP contribution in [0.5, 0.6) is 11.5 Å². The zero-order valence-corrected chi connectivity index (χ0v) is 32.2. The summed E-state index contributed by atoms with van der Waals surface area (Å²) in [5.41, 5.74) is 3.88. The van der Waals surface area contributed by atoms with Crippen LogP contribution < -0.4 is 20.9 Å². The summed E-state index contributed by atoms with van der Waals surface area (Å²) in [6, 6.07) is 30.7. The molecule has 0 spiro atoms. The molecule has 4 heterocycles. The second-order valence-electron chi connectivity index (χ2n) is 14.9. The summed E-state index contributed by atoms with van der Waals surface area (Å²) in [5, 5.41) is 27.9. The lowest BCUT2D eigenvalue weighted by Gasteiger charge is -2.43. The number of carbonyl (C=O) groups excluding carboxylic acids is 2. The van der Waals surface area contributed by atoms with Crippen LogP contribution in [0, 0.1) is 5.92 Å². The van der Waals surface area contributed by atoms with Crippen molar-refractivity contribution in [3.05, 3.63) is 141 Å². The number of H-pyrrole nitrogens is 1. The fraction of sp³-hybridized carbons (Fsp3) is 0.356. The fourth-order valence-electron chi connectivity index (χ4n) is 7.91. The number of rotatable bonds is 16. The standard InChI is InChI=1S/C45H51N5O7/c1-2-50(23-7-22-46-27-39(52)36-16-18-38(51)43-37(36)17-19-41(53)47-43)44(54)33-14-12-30(13-15-33)29-56-35-11-6-10-34(26-35)42(32-8-4-3-5-9-32)48-45(55)57-40-28-49-24-20-31(40)21-25-49/h3-6,8-19,26,31,39-40,42,46,51-52H,2,7,20-25,27-29H2,1H3,(H,47,53)(H,48,55)/t39-,40-,42?/m0/s1. The van der Waals surface area contributed by atoms with Gasteiger partial charge in [0.2, 0.25) is 5.56 Å². The van der Waals surface area contributed by atoms with Crippen molar-refractivity contribution < 1.29 is 29.3 Å². The van der Waals surface area contributed by atoms with E-state index in [2.05, 4.69) is 20.5 Å². The molecule has 1 aromatic heterocycles. The highest BCUT2D eigenvalue weighted by Crippen LogP contribution is 2.31. The van der Waals surface area contributed by atoms with E-state index in [9.17, 15) is 24.6 Å². The third-order valence-electron chi connectivity index (χ3n) is 11.1. The van der Waals surface area contributed by atoms with Crippen molar-refractivity contribution in [2.45, 2.75) is 51.0 Å². The number of amides is 2. The first kappa shape index (κ1) is 39.5. The number of alkyl carbamates (subject to hydrolysis) is 1. The summed E-state index contributed by atoms with van der Waals surface area (Å²) in [4.78, 5) is 45.1. The summed E-state index contributed by atoms with van der Waals surface area (Å²) in [5.74, 6) is 0.965. The van der Waals surface area contributed by atoms with Gasteiger partial charge in [-0.15, -0.1) is 0 Å². The molecule has 4 aromatic carbocycles. The molecule has 0 radical (unpaired) electrons. The molecule has 2 bridgehead atoms. The highest BCUT2D eigenvalue weighted by Gasteiger charge is 2.37. The molecular weight excluding hydrogens is 723 g/mol. The van der Waals surface area contributed by atoms with E-state index >= 15 is 0 Å². The number of aromatic hydroxyl groups is 1. The number of aliphatic hydroxyl groups excluding tert-OH is 1. The van der Waals surface area contributed by atoms with Gasteiger partial charge in [-0.1, -0.05) is 60.7 Å². The van der Waals surface area contributed by atoms with Gasteiger partial charge < -0.3 is 40.2 Å². The molecule has 57 heavy (non-hydrogen) atoms. The Hall–Kier alpha value is -5.69. The average molecular weight is 774 g/mol. The lowest BCUT2D eigenvalue weighted by molar-refractivity contribution is -0.0336. The normalized spacial score (nSPS) is 18.5. The molecule has 3 aliphatic rings. The number of ether oxygens (including phenoxy) is 2. The van der Waals surface area contributed by atoms with Gasteiger partial charge in [-0.3, -0.25) is 14.5 Å². The molecule has 3 saturated heterocycles. The van der Waals surface area contributed by atoms with Crippen molar-refractivity contribution in [3.8, 4) is 11.5 Å². The second kappa shape index (κ2) is 18.5. The molecule has 0 saturated carbocycles. The quantitative estimate of drug-likeness (QED) is 0.0772. The van der Waals surface area contributed by atoms with Gasteiger partial charge in [0, 0.05) is 43.2 Å². The van der Waals surface area contributed by atoms with E-state index in [4.69, 9.17) is 9.47 Å². The number of piperidine rings is 3. The van der Waals surface area contributed by atoms with Gasteiger partial charge >= 0.3 is 6.09 Å². The van der Waals surface area contributed by atoms with Gasteiger partial charge in [-0.05, 0) is 110 Å². The van der Waals surface area contributed by atoms with Crippen LogP contribution in [0.2, 0.25) is 0 Å². The molecule has 3 aliphatic heterocycles. The van der Waals surface area contributed by atoms with Crippen LogP contribution in [0.3, 0.4) is 0 Å². The molecule has 3 atom stereocenters. The van der Waals surface area contributed by atoms with E-state index in [1.165, 1.54) is 12.1 Å². The van der Waals surface area contributed by atoms with Crippen LogP contribution in [0.15, 0.2) is 108 Å². The number of hydrogen-bond acceptors (Lipinski definition) is 9. The Kier molecular flexibility index (Phi) is 12.8.